The fourth-order valence-electron chi connectivity index (χ4n) is 7.74. The minimum Gasteiger partial charge on any atom is -0.504 e. The highest BCUT2D eigenvalue weighted by molar-refractivity contribution is 5.76. The summed E-state index contributed by atoms with van der Waals surface area (Å²) in [4.78, 5) is 17.5. The van der Waals surface area contributed by atoms with Gasteiger partial charge in [-0.1, -0.05) is 25.8 Å². The molecule has 2 aliphatic heterocycles. The monoisotopic (exact) mass is 454 g/mol. The maximum atomic E-state index is 13.1. The van der Waals surface area contributed by atoms with Gasteiger partial charge in [0.25, 0.3) is 0 Å². The standard InChI is InChI=1S/C27H38N2O4/c1-3-4-5-6-22(31)28(2)19-11-12-27(32)21-15-18-9-10-20(30)24-23(18)26(27,25(19)33-24)13-14-29(21)16-17-7-8-17/h9-10,17,19,21,25,30,32H,3-8,11-16H2,1-2H3/t19?,21-,25?,26+,27-/m1/s1. The Morgan fingerprint density at radius 2 is 2.06 bits per heavy atom. The summed E-state index contributed by atoms with van der Waals surface area (Å²) in [5.74, 6) is 1.66. The highest BCUT2D eigenvalue weighted by atomic mass is 16.5. The van der Waals surface area contributed by atoms with E-state index in [9.17, 15) is 15.0 Å². The molecule has 5 atom stereocenters. The van der Waals surface area contributed by atoms with Gasteiger partial charge in [0, 0.05) is 31.6 Å². The average molecular weight is 455 g/mol. The minimum absolute atomic E-state index is 0.0763. The molecule has 2 heterocycles. The molecule has 2 saturated carbocycles. The van der Waals surface area contributed by atoms with Crippen molar-refractivity contribution in [3.8, 4) is 11.5 Å². The topological polar surface area (TPSA) is 73.2 Å². The third-order valence-electron chi connectivity index (χ3n) is 9.62. The lowest BCUT2D eigenvalue weighted by Gasteiger charge is -2.64. The number of hydrogen-bond donors (Lipinski definition) is 2. The van der Waals surface area contributed by atoms with Crippen molar-refractivity contribution in [1.29, 1.82) is 0 Å². The summed E-state index contributed by atoms with van der Waals surface area (Å²) in [5.41, 5.74) is 0.798. The lowest BCUT2D eigenvalue weighted by atomic mass is 9.48. The number of rotatable bonds is 7. The first-order chi connectivity index (χ1) is 15.9. The maximum absolute atomic E-state index is 13.1. The van der Waals surface area contributed by atoms with Crippen molar-refractivity contribution in [3.05, 3.63) is 23.3 Å². The number of aromatic hydroxyl groups is 1. The van der Waals surface area contributed by atoms with Crippen molar-refractivity contribution in [2.24, 2.45) is 5.92 Å². The molecule has 0 radical (unpaired) electrons. The summed E-state index contributed by atoms with van der Waals surface area (Å²) in [5, 5.41) is 23.3. The number of likely N-dealkylation sites (tertiary alicyclic amines) is 1. The Balaban J connectivity index is 1.39. The lowest BCUT2D eigenvalue weighted by molar-refractivity contribution is -0.200. The normalized spacial score (nSPS) is 36.3. The Hall–Kier alpha value is -1.79. The van der Waals surface area contributed by atoms with Crippen LogP contribution in [0.15, 0.2) is 12.1 Å². The number of likely N-dealkylation sites (N-methyl/N-ethyl adjacent to an activating group) is 1. The number of amides is 1. The van der Waals surface area contributed by atoms with Crippen molar-refractivity contribution < 1.29 is 19.7 Å². The molecule has 2 unspecified atom stereocenters. The molecule has 6 nitrogen and oxygen atoms in total. The molecule has 0 aromatic heterocycles. The summed E-state index contributed by atoms with van der Waals surface area (Å²) in [6, 6.07) is 3.78. The van der Waals surface area contributed by atoms with Crippen LogP contribution in [0.25, 0.3) is 0 Å². The van der Waals surface area contributed by atoms with Crippen molar-refractivity contribution in [1.82, 2.24) is 9.80 Å². The smallest absolute Gasteiger partial charge is 0.222 e. The van der Waals surface area contributed by atoms with Crippen molar-refractivity contribution in [2.45, 2.75) is 100 Å². The highest BCUT2D eigenvalue weighted by Crippen LogP contribution is 2.66. The summed E-state index contributed by atoms with van der Waals surface area (Å²) >= 11 is 0. The number of hydrogen-bond acceptors (Lipinski definition) is 5. The Labute approximate surface area is 196 Å². The third kappa shape index (κ3) is 2.95. The molecule has 3 fully saturated rings. The fraction of sp³-hybridized carbons (Fsp3) is 0.741. The first-order valence-electron chi connectivity index (χ1n) is 13.1. The second-order valence-electron chi connectivity index (χ2n) is 11.4. The molecule has 33 heavy (non-hydrogen) atoms. The van der Waals surface area contributed by atoms with E-state index in [1.54, 1.807) is 6.07 Å². The molecule has 3 aliphatic carbocycles. The van der Waals surface area contributed by atoms with Gasteiger partial charge in [-0.15, -0.1) is 0 Å². The Morgan fingerprint density at radius 1 is 1.24 bits per heavy atom. The van der Waals surface area contributed by atoms with Crippen molar-refractivity contribution in [3.63, 3.8) is 0 Å². The van der Waals surface area contributed by atoms with Crippen LogP contribution in [-0.4, -0.2) is 69.8 Å². The van der Waals surface area contributed by atoms with E-state index in [1.165, 1.54) is 18.4 Å². The zero-order chi connectivity index (χ0) is 23.0. The number of ether oxygens (including phenoxy) is 1. The SMILES string of the molecule is CCCCCC(=O)N(C)C1CC[C@@]2(O)[C@H]3Cc4ccc(O)c5c4[C@@]2(CCN3CC2CC2)C1O5. The number of phenols is 1. The summed E-state index contributed by atoms with van der Waals surface area (Å²) in [6.07, 6.45) is 8.96. The predicted molar refractivity (Wildman–Crippen MR) is 125 cm³/mol. The van der Waals surface area contributed by atoms with Gasteiger partial charge in [-0.25, -0.2) is 0 Å². The molecular formula is C27H38N2O4. The van der Waals surface area contributed by atoms with E-state index < -0.39 is 11.0 Å². The predicted octanol–water partition coefficient (Wildman–Crippen LogP) is 3.36. The molecule has 1 spiro atoms. The van der Waals surface area contributed by atoms with Gasteiger partial charge in [-0.2, -0.15) is 0 Å². The van der Waals surface area contributed by atoms with Crippen LogP contribution >= 0.6 is 0 Å². The van der Waals surface area contributed by atoms with Crippen LogP contribution in [0.1, 0.15) is 75.8 Å². The second-order valence-corrected chi connectivity index (χ2v) is 11.4. The van der Waals surface area contributed by atoms with E-state index in [1.807, 2.05) is 18.0 Å². The van der Waals surface area contributed by atoms with Crippen molar-refractivity contribution >= 4 is 5.91 Å². The molecule has 1 aromatic rings. The van der Waals surface area contributed by atoms with E-state index in [0.717, 1.165) is 63.1 Å². The fourth-order valence-corrected chi connectivity index (χ4v) is 7.74. The van der Waals surface area contributed by atoms with Gasteiger partial charge >= 0.3 is 0 Å². The summed E-state index contributed by atoms with van der Waals surface area (Å²) in [7, 11) is 1.91. The zero-order valence-electron chi connectivity index (χ0n) is 20.1. The molecule has 2 N–H and O–H groups in total. The largest absolute Gasteiger partial charge is 0.504 e. The second kappa shape index (κ2) is 7.61. The number of unbranched alkanes of at least 4 members (excludes halogenated alkanes) is 2. The molecule has 6 heteroatoms. The molecule has 1 saturated heterocycles. The summed E-state index contributed by atoms with van der Waals surface area (Å²) < 4.78 is 6.59. The van der Waals surface area contributed by atoms with Gasteiger partial charge in [-0.05, 0) is 69.0 Å². The van der Waals surface area contributed by atoms with Crippen LogP contribution in [0.3, 0.4) is 0 Å². The molecule has 1 amide bonds. The van der Waals surface area contributed by atoms with Crippen LogP contribution in [0.5, 0.6) is 11.5 Å². The number of carbonyl (C=O) groups is 1. The van der Waals surface area contributed by atoms with E-state index >= 15 is 0 Å². The third-order valence-corrected chi connectivity index (χ3v) is 9.62. The number of carbonyl (C=O) groups excluding carboxylic acids is 1. The molecule has 6 rings (SSSR count). The molecule has 1 aromatic carbocycles. The van der Waals surface area contributed by atoms with Crippen LogP contribution in [-0.2, 0) is 16.6 Å². The number of nitrogens with zero attached hydrogens (tertiary/aromatic N) is 2. The van der Waals surface area contributed by atoms with E-state index in [0.29, 0.717) is 18.6 Å². The van der Waals surface area contributed by atoms with Gasteiger partial charge in [-0.3, -0.25) is 9.69 Å². The number of benzene rings is 1. The Bertz CT molecular complexity index is 962. The molecule has 2 bridgehead atoms. The van der Waals surface area contributed by atoms with Gasteiger partial charge in [0.2, 0.25) is 5.91 Å². The van der Waals surface area contributed by atoms with Gasteiger partial charge in [0.15, 0.2) is 11.5 Å². The maximum Gasteiger partial charge on any atom is 0.222 e. The van der Waals surface area contributed by atoms with Gasteiger partial charge in [0.1, 0.15) is 6.10 Å². The van der Waals surface area contributed by atoms with E-state index in [-0.39, 0.29) is 29.8 Å². The number of phenolic OH excluding ortho intramolecular Hbond substituents is 1. The Morgan fingerprint density at radius 3 is 2.82 bits per heavy atom. The van der Waals surface area contributed by atoms with Crippen molar-refractivity contribution in [2.75, 3.05) is 20.1 Å². The quantitative estimate of drug-likeness (QED) is 0.618. The van der Waals surface area contributed by atoms with Crippen LogP contribution in [0.4, 0.5) is 0 Å². The highest BCUT2D eigenvalue weighted by Gasteiger charge is 2.73. The van der Waals surface area contributed by atoms with Crippen LogP contribution < -0.4 is 4.74 Å². The molecule has 5 aliphatic rings. The van der Waals surface area contributed by atoms with Gasteiger partial charge < -0.3 is 19.8 Å². The van der Waals surface area contributed by atoms with Crippen LogP contribution in [0, 0.1) is 5.92 Å². The van der Waals surface area contributed by atoms with Crippen LogP contribution in [0.2, 0.25) is 0 Å². The zero-order valence-corrected chi connectivity index (χ0v) is 20.1. The molecule has 180 valence electrons. The number of piperidine rings is 1. The lowest BCUT2D eigenvalue weighted by Crippen LogP contribution is -2.78. The van der Waals surface area contributed by atoms with E-state index in [2.05, 4.69) is 11.8 Å². The van der Waals surface area contributed by atoms with Gasteiger partial charge in [0.05, 0.1) is 17.1 Å². The first kappa shape index (κ1) is 21.7. The number of aliphatic hydroxyl groups is 1. The average Bonchev–Trinajstić information content (AvgIpc) is 3.54. The minimum atomic E-state index is -0.889. The first-order valence-corrected chi connectivity index (χ1v) is 13.1. The molecular weight excluding hydrogens is 416 g/mol. The van der Waals surface area contributed by atoms with E-state index in [4.69, 9.17) is 4.74 Å². The Kier molecular flexibility index (Phi) is 5.01. The summed E-state index contributed by atoms with van der Waals surface area (Å²) in [6.45, 7) is 4.17.